The summed E-state index contributed by atoms with van der Waals surface area (Å²) < 4.78 is 0. The number of pyridine rings is 1. The third kappa shape index (κ3) is 4.13. The molecule has 34 heavy (non-hydrogen) atoms. The van der Waals surface area contributed by atoms with Gasteiger partial charge >= 0.3 is 0 Å². The Morgan fingerprint density at radius 1 is 0.853 bits per heavy atom. The van der Waals surface area contributed by atoms with E-state index in [0.29, 0.717) is 63.4 Å². The lowest BCUT2D eigenvalue weighted by molar-refractivity contribution is -0.117. The first kappa shape index (κ1) is 22.4. The van der Waals surface area contributed by atoms with Crippen LogP contribution in [0.5, 0.6) is 0 Å². The van der Waals surface area contributed by atoms with Gasteiger partial charge in [-0.05, 0) is 56.0 Å². The van der Waals surface area contributed by atoms with Crippen LogP contribution >= 0.6 is 0 Å². The molecule has 0 atom stereocenters. The number of carbonyl (C=O) groups excluding carboxylic acids is 3. The number of aromatic nitrogens is 1. The minimum absolute atomic E-state index is 0.0321. The highest BCUT2D eigenvalue weighted by atomic mass is 16.2. The Bertz CT molecular complexity index is 1140. The van der Waals surface area contributed by atoms with E-state index in [1.165, 1.54) is 0 Å². The summed E-state index contributed by atoms with van der Waals surface area (Å²) in [5.74, 6) is 1.03. The number of anilines is 3. The molecule has 3 amide bonds. The molecule has 3 aliphatic heterocycles. The molecule has 0 bridgehead atoms. The third-order valence-electron chi connectivity index (χ3n) is 7.01. The number of rotatable bonds is 4. The lowest BCUT2D eigenvalue weighted by Gasteiger charge is -2.36. The molecule has 1 aromatic heterocycles. The van der Waals surface area contributed by atoms with E-state index in [9.17, 15) is 14.4 Å². The molecule has 0 saturated carbocycles. The Labute approximate surface area is 200 Å². The van der Waals surface area contributed by atoms with Gasteiger partial charge in [0.2, 0.25) is 11.8 Å². The standard InChI is InChI=1S/C26H31N5O3/c1-18-15-19(2)25(27-17-18)28-11-13-29(14-12-28)26(34)21-8-7-20(30-9-3-5-23(30)32)16-22(21)31-10-4-6-24(31)33/h7-8,15-17H,3-6,9-14H2,1-2H3. The van der Waals surface area contributed by atoms with Crippen LogP contribution in [-0.4, -0.2) is 66.9 Å². The van der Waals surface area contributed by atoms with Gasteiger partial charge in [0.05, 0.1) is 11.3 Å². The lowest BCUT2D eigenvalue weighted by atomic mass is 10.1. The smallest absolute Gasteiger partial charge is 0.256 e. The van der Waals surface area contributed by atoms with Gasteiger partial charge in [-0.25, -0.2) is 4.98 Å². The summed E-state index contributed by atoms with van der Waals surface area (Å²) in [5.41, 5.74) is 4.20. The summed E-state index contributed by atoms with van der Waals surface area (Å²) in [4.78, 5) is 50.6. The molecule has 8 nitrogen and oxygen atoms in total. The highest BCUT2D eigenvalue weighted by Gasteiger charge is 2.31. The average molecular weight is 462 g/mol. The van der Waals surface area contributed by atoms with Crippen molar-refractivity contribution in [1.82, 2.24) is 9.88 Å². The van der Waals surface area contributed by atoms with Crippen LogP contribution in [0.4, 0.5) is 17.2 Å². The van der Waals surface area contributed by atoms with Gasteiger partial charge in [0.1, 0.15) is 5.82 Å². The topological polar surface area (TPSA) is 77.1 Å². The maximum absolute atomic E-state index is 13.6. The number of amides is 3. The van der Waals surface area contributed by atoms with E-state index in [1.54, 1.807) is 15.9 Å². The number of hydrogen-bond acceptors (Lipinski definition) is 5. The van der Waals surface area contributed by atoms with Crippen molar-refractivity contribution in [3.63, 3.8) is 0 Å². The quantitative estimate of drug-likeness (QED) is 0.700. The summed E-state index contributed by atoms with van der Waals surface area (Å²) in [5, 5.41) is 0. The monoisotopic (exact) mass is 461 g/mol. The number of nitrogens with zero attached hydrogens (tertiary/aromatic N) is 5. The molecule has 2 aromatic rings. The second kappa shape index (κ2) is 9.08. The van der Waals surface area contributed by atoms with Crippen molar-refractivity contribution in [1.29, 1.82) is 0 Å². The van der Waals surface area contributed by atoms with Crippen molar-refractivity contribution in [3.8, 4) is 0 Å². The lowest BCUT2D eigenvalue weighted by Crippen LogP contribution is -2.49. The van der Waals surface area contributed by atoms with E-state index < -0.39 is 0 Å². The van der Waals surface area contributed by atoms with Gasteiger partial charge in [0, 0.05) is 64.0 Å². The first-order chi connectivity index (χ1) is 16.4. The molecule has 0 N–H and O–H groups in total. The molecule has 4 heterocycles. The van der Waals surface area contributed by atoms with Gasteiger partial charge in [0.15, 0.2) is 0 Å². The number of piperazine rings is 1. The van der Waals surface area contributed by atoms with Crippen LogP contribution in [0, 0.1) is 13.8 Å². The summed E-state index contributed by atoms with van der Waals surface area (Å²) in [7, 11) is 0. The van der Waals surface area contributed by atoms with Crippen molar-refractivity contribution in [2.45, 2.75) is 39.5 Å². The second-order valence-corrected chi connectivity index (χ2v) is 9.43. The molecule has 3 aliphatic rings. The van der Waals surface area contributed by atoms with E-state index in [1.807, 2.05) is 30.2 Å². The molecule has 0 spiro atoms. The normalized spacial score (nSPS) is 18.9. The predicted octanol–water partition coefficient (Wildman–Crippen LogP) is 2.91. The molecule has 3 fully saturated rings. The first-order valence-corrected chi connectivity index (χ1v) is 12.1. The maximum atomic E-state index is 13.6. The van der Waals surface area contributed by atoms with E-state index in [4.69, 9.17) is 0 Å². The van der Waals surface area contributed by atoms with Crippen LogP contribution in [0.25, 0.3) is 0 Å². The fraction of sp³-hybridized carbons (Fsp3) is 0.462. The van der Waals surface area contributed by atoms with E-state index >= 15 is 0 Å². The van der Waals surface area contributed by atoms with Crippen molar-refractivity contribution in [2.24, 2.45) is 0 Å². The Balaban J connectivity index is 1.38. The van der Waals surface area contributed by atoms with Crippen LogP contribution in [0.3, 0.4) is 0 Å². The Kier molecular flexibility index (Phi) is 5.98. The van der Waals surface area contributed by atoms with Crippen LogP contribution in [0.2, 0.25) is 0 Å². The van der Waals surface area contributed by atoms with E-state index in [0.717, 1.165) is 35.5 Å². The Morgan fingerprint density at radius 2 is 1.53 bits per heavy atom. The fourth-order valence-electron chi connectivity index (χ4n) is 5.25. The zero-order valence-corrected chi connectivity index (χ0v) is 19.9. The molecule has 178 valence electrons. The Morgan fingerprint density at radius 3 is 2.15 bits per heavy atom. The molecule has 0 radical (unpaired) electrons. The van der Waals surface area contributed by atoms with Crippen molar-refractivity contribution in [2.75, 3.05) is 54.0 Å². The van der Waals surface area contributed by atoms with Crippen LogP contribution < -0.4 is 14.7 Å². The molecule has 0 aliphatic carbocycles. The molecular formula is C26H31N5O3. The Hall–Kier alpha value is -3.42. The largest absolute Gasteiger partial charge is 0.353 e. The van der Waals surface area contributed by atoms with Crippen LogP contribution in [0.1, 0.15) is 47.2 Å². The molecule has 5 rings (SSSR count). The number of carbonyl (C=O) groups is 3. The fourth-order valence-corrected chi connectivity index (χ4v) is 5.25. The zero-order valence-electron chi connectivity index (χ0n) is 19.9. The summed E-state index contributed by atoms with van der Waals surface area (Å²) >= 11 is 0. The highest BCUT2D eigenvalue weighted by Crippen LogP contribution is 2.33. The molecular weight excluding hydrogens is 430 g/mol. The van der Waals surface area contributed by atoms with Gasteiger partial charge < -0.3 is 19.6 Å². The number of benzene rings is 1. The van der Waals surface area contributed by atoms with E-state index in [-0.39, 0.29) is 17.7 Å². The molecule has 0 unspecified atom stereocenters. The number of hydrogen-bond donors (Lipinski definition) is 0. The van der Waals surface area contributed by atoms with E-state index in [2.05, 4.69) is 22.9 Å². The van der Waals surface area contributed by atoms with Gasteiger partial charge in [-0.2, -0.15) is 0 Å². The predicted molar refractivity (Wildman–Crippen MR) is 131 cm³/mol. The van der Waals surface area contributed by atoms with Gasteiger partial charge in [0.25, 0.3) is 5.91 Å². The highest BCUT2D eigenvalue weighted by molar-refractivity contribution is 6.07. The van der Waals surface area contributed by atoms with Crippen molar-refractivity contribution >= 4 is 34.9 Å². The minimum atomic E-state index is -0.0674. The summed E-state index contributed by atoms with van der Waals surface area (Å²) in [6, 6.07) is 7.62. The summed E-state index contributed by atoms with van der Waals surface area (Å²) in [6.07, 6.45) is 4.52. The van der Waals surface area contributed by atoms with Gasteiger partial charge in [-0.15, -0.1) is 0 Å². The van der Waals surface area contributed by atoms with Crippen molar-refractivity contribution in [3.05, 3.63) is 47.2 Å². The number of aryl methyl sites for hydroxylation is 2. The minimum Gasteiger partial charge on any atom is -0.353 e. The second-order valence-electron chi connectivity index (χ2n) is 9.43. The SMILES string of the molecule is Cc1cnc(N2CCN(C(=O)c3ccc(N4CCCC4=O)cc3N3CCCC3=O)CC2)c(C)c1. The third-order valence-corrected chi connectivity index (χ3v) is 7.01. The van der Waals surface area contributed by atoms with Gasteiger partial charge in [-0.3, -0.25) is 14.4 Å². The zero-order chi connectivity index (χ0) is 23.8. The first-order valence-electron chi connectivity index (χ1n) is 12.1. The molecule has 8 heteroatoms. The molecule has 3 saturated heterocycles. The van der Waals surface area contributed by atoms with Crippen LogP contribution in [-0.2, 0) is 9.59 Å². The average Bonchev–Trinajstić information content (AvgIpc) is 3.46. The van der Waals surface area contributed by atoms with Gasteiger partial charge in [-0.1, -0.05) is 6.07 Å². The molecule has 1 aromatic carbocycles. The van der Waals surface area contributed by atoms with Crippen LogP contribution in [0.15, 0.2) is 30.5 Å². The van der Waals surface area contributed by atoms with Crippen molar-refractivity contribution < 1.29 is 14.4 Å². The summed E-state index contributed by atoms with van der Waals surface area (Å²) in [6.45, 7) is 7.98. The maximum Gasteiger partial charge on any atom is 0.256 e.